The molecule has 0 spiro atoms. The molecule has 2 rings (SSSR count). The second kappa shape index (κ2) is 6.71. The fourth-order valence-corrected chi connectivity index (χ4v) is 2.63. The summed E-state index contributed by atoms with van der Waals surface area (Å²) >= 11 is 5.10. The van der Waals surface area contributed by atoms with Crippen molar-refractivity contribution in [2.24, 2.45) is 0 Å². The third kappa shape index (κ3) is 3.14. The highest BCUT2D eigenvalue weighted by atomic mass is 127. The van der Waals surface area contributed by atoms with Crippen LogP contribution in [0.25, 0.3) is 4.48 Å². The molecular weight excluding hydrogens is 463 g/mol. The molecule has 1 aromatic rings. The Morgan fingerprint density at radius 1 is 1.48 bits per heavy atom. The lowest BCUT2D eigenvalue weighted by atomic mass is 10.1. The molecular formula is C11H12BrIN2O6. The van der Waals surface area contributed by atoms with Crippen LogP contribution in [0.2, 0.25) is 0 Å². The van der Waals surface area contributed by atoms with E-state index in [-0.39, 0.29) is 5.56 Å². The molecule has 0 saturated carbocycles. The summed E-state index contributed by atoms with van der Waals surface area (Å²) in [5.41, 5.74) is -1.21. The van der Waals surface area contributed by atoms with Gasteiger partial charge in [-0.05, 0) is 20.0 Å². The molecule has 1 aliphatic rings. The van der Waals surface area contributed by atoms with Gasteiger partial charge in [0, 0.05) is 10.7 Å². The molecule has 0 aromatic carbocycles. The summed E-state index contributed by atoms with van der Waals surface area (Å²) in [6, 6.07) is 0. The predicted octanol–water partition coefficient (Wildman–Crippen LogP) is -0.724. The molecule has 8 nitrogen and oxygen atoms in total. The van der Waals surface area contributed by atoms with Crippen LogP contribution in [0.3, 0.4) is 0 Å². The van der Waals surface area contributed by atoms with Gasteiger partial charge in [0.05, 0.1) is 12.2 Å². The van der Waals surface area contributed by atoms with Crippen LogP contribution in [0.1, 0.15) is 11.8 Å². The van der Waals surface area contributed by atoms with Gasteiger partial charge in [-0.3, -0.25) is 14.3 Å². The molecule has 21 heavy (non-hydrogen) atoms. The van der Waals surface area contributed by atoms with E-state index in [1.54, 1.807) is 4.08 Å². The van der Waals surface area contributed by atoms with Crippen LogP contribution >= 0.6 is 38.5 Å². The first-order chi connectivity index (χ1) is 9.90. The zero-order chi connectivity index (χ0) is 15.7. The number of aliphatic hydroxyl groups excluding tert-OH is 3. The second-order valence-electron chi connectivity index (χ2n) is 4.40. The highest BCUT2D eigenvalue weighted by Crippen LogP contribution is 2.28. The number of aromatic nitrogens is 2. The van der Waals surface area contributed by atoms with Crippen molar-refractivity contribution in [3.63, 3.8) is 0 Å². The topological polar surface area (TPSA) is 125 Å². The first-order valence-corrected chi connectivity index (χ1v) is 7.88. The standard InChI is InChI=1S/C11H12BrIN2O6/c12-5(1-13)4-2-15(11(20)14-9(4)19)10-8(18)7(17)6(3-16)21-10/h1-2,6-8,10,16-18H,3H2,(H,14,19,20)/b5-1+/t6-,7-,8-,10-/m1/s1. The maximum absolute atomic E-state index is 11.9. The maximum atomic E-state index is 11.9. The number of hydrogen-bond acceptors (Lipinski definition) is 6. The zero-order valence-electron chi connectivity index (χ0n) is 10.4. The van der Waals surface area contributed by atoms with E-state index in [1.165, 1.54) is 6.20 Å². The molecule has 1 aromatic heterocycles. The van der Waals surface area contributed by atoms with Crippen molar-refractivity contribution in [2.45, 2.75) is 24.5 Å². The van der Waals surface area contributed by atoms with Crippen molar-refractivity contribution in [1.82, 2.24) is 9.55 Å². The summed E-state index contributed by atoms with van der Waals surface area (Å²) < 4.78 is 8.28. The average Bonchev–Trinajstić information content (AvgIpc) is 2.74. The Morgan fingerprint density at radius 2 is 2.14 bits per heavy atom. The summed E-state index contributed by atoms with van der Waals surface area (Å²) in [5, 5.41) is 28.7. The van der Waals surface area contributed by atoms with Crippen molar-refractivity contribution in [1.29, 1.82) is 0 Å². The largest absolute Gasteiger partial charge is 0.394 e. The van der Waals surface area contributed by atoms with Crippen molar-refractivity contribution >= 4 is 43.0 Å². The van der Waals surface area contributed by atoms with Gasteiger partial charge in [0.1, 0.15) is 18.3 Å². The van der Waals surface area contributed by atoms with Crippen LogP contribution < -0.4 is 11.2 Å². The van der Waals surface area contributed by atoms with Gasteiger partial charge in [-0.25, -0.2) is 4.79 Å². The summed E-state index contributed by atoms with van der Waals surface area (Å²) in [6.07, 6.45) is -3.71. The summed E-state index contributed by atoms with van der Waals surface area (Å²) in [6.45, 7) is -0.503. The van der Waals surface area contributed by atoms with Gasteiger partial charge in [-0.1, -0.05) is 22.6 Å². The summed E-state index contributed by atoms with van der Waals surface area (Å²) in [7, 11) is 0. The van der Waals surface area contributed by atoms with Crippen LogP contribution in [0.15, 0.2) is 19.9 Å². The minimum atomic E-state index is -1.40. The SMILES string of the molecule is O=c1[nH]c(=O)n([C@@H]2O[C@H](CO)[C@@H](O)[C@H]2O)cc1/C(Br)=C\I. The van der Waals surface area contributed by atoms with Gasteiger partial charge in [0.15, 0.2) is 6.23 Å². The number of nitrogens with zero attached hydrogens (tertiary/aromatic N) is 1. The molecule has 1 saturated heterocycles. The minimum Gasteiger partial charge on any atom is -0.394 e. The summed E-state index contributed by atoms with van der Waals surface area (Å²) in [4.78, 5) is 25.7. The normalized spacial score (nSPS) is 29.9. The molecule has 4 N–H and O–H groups in total. The Hall–Kier alpha value is -0.530. The van der Waals surface area contributed by atoms with Crippen LogP contribution in [0.4, 0.5) is 0 Å². The molecule has 0 amide bonds. The van der Waals surface area contributed by atoms with E-state index < -0.39 is 42.4 Å². The van der Waals surface area contributed by atoms with Gasteiger partial charge >= 0.3 is 5.69 Å². The minimum absolute atomic E-state index is 0.168. The summed E-state index contributed by atoms with van der Waals surface area (Å²) in [5.74, 6) is 0. The lowest BCUT2D eigenvalue weighted by Gasteiger charge is -2.17. The molecule has 10 heteroatoms. The highest BCUT2D eigenvalue weighted by Gasteiger charge is 2.43. The third-order valence-corrected chi connectivity index (χ3v) is 5.25. The number of halogens is 2. The monoisotopic (exact) mass is 474 g/mol. The zero-order valence-corrected chi connectivity index (χ0v) is 14.2. The number of ether oxygens (including phenoxy) is 1. The van der Waals surface area contributed by atoms with Crippen LogP contribution in [-0.4, -0.2) is 49.8 Å². The fourth-order valence-electron chi connectivity index (χ4n) is 2.01. The van der Waals surface area contributed by atoms with Gasteiger partial charge in [-0.2, -0.15) is 0 Å². The quantitative estimate of drug-likeness (QED) is 0.428. The Bertz CT molecular complexity index is 671. The molecule has 116 valence electrons. The second-order valence-corrected chi connectivity index (χ2v) is 5.87. The molecule has 0 radical (unpaired) electrons. The van der Waals surface area contributed by atoms with E-state index in [9.17, 15) is 19.8 Å². The Balaban J connectivity index is 2.50. The molecule has 1 aliphatic heterocycles. The highest BCUT2D eigenvalue weighted by molar-refractivity contribution is 14.1. The molecule has 0 bridgehead atoms. The molecule has 0 aliphatic carbocycles. The van der Waals surface area contributed by atoms with Crippen LogP contribution in [0, 0.1) is 0 Å². The lowest BCUT2D eigenvalue weighted by molar-refractivity contribution is -0.0550. The van der Waals surface area contributed by atoms with E-state index in [1.807, 2.05) is 22.6 Å². The number of aliphatic hydroxyl groups is 3. The lowest BCUT2D eigenvalue weighted by Crippen LogP contribution is -2.38. The van der Waals surface area contributed by atoms with Gasteiger partial charge in [0.25, 0.3) is 5.56 Å². The van der Waals surface area contributed by atoms with Crippen LogP contribution in [-0.2, 0) is 4.74 Å². The smallest absolute Gasteiger partial charge is 0.330 e. The van der Waals surface area contributed by atoms with Crippen molar-refractivity contribution in [2.75, 3.05) is 6.61 Å². The van der Waals surface area contributed by atoms with E-state index >= 15 is 0 Å². The van der Waals surface area contributed by atoms with Gasteiger partial charge in [0.2, 0.25) is 0 Å². The third-order valence-electron chi connectivity index (χ3n) is 3.11. The van der Waals surface area contributed by atoms with Gasteiger partial charge in [-0.15, -0.1) is 0 Å². The molecule has 1 fully saturated rings. The van der Waals surface area contributed by atoms with E-state index in [0.29, 0.717) is 4.48 Å². The van der Waals surface area contributed by atoms with Crippen molar-refractivity contribution < 1.29 is 20.1 Å². The Kier molecular flexibility index (Phi) is 5.38. The fraction of sp³-hybridized carbons (Fsp3) is 0.455. The van der Waals surface area contributed by atoms with Crippen molar-refractivity contribution in [3.05, 3.63) is 36.7 Å². The molecule has 4 atom stereocenters. The van der Waals surface area contributed by atoms with E-state index in [2.05, 4.69) is 20.9 Å². The number of hydrogen-bond donors (Lipinski definition) is 4. The predicted molar refractivity (Wildman–Crippen MR) is 85.3 cm³/mol. The number of nitrogens with one attached hydrogen (secondary N) is 1. The molecule has 2 heterocycles. The number of rotatable bonds is 3. The van der Waals surface area contributed by atoms with Crippen molar-refractivity contribution in [3.8, 4) is 0 Å². The van der Waals surface area contributed by atoms with E-state index in [4.69, 9.17) is 9.84 Å². The molecule has 0 unspecified atom stereocenters. The Labute approximate surface area is 140 Å². The van der Waals surface area contributed by atoms with Crippen LogP contribution in [0.5, 0.6) is 0 Å². The first kappa shape index (κ1) is 16.8. The first-order valence-electron chi connectivity index (χ1n) is 5.85. The number of H-pyrrole nitrogens is 1. The average molecular weight is 475 g/mol. The van der Waals surface area contributed by atoms with E-state index in [0.717, 1.165) is 4.57 Å². The number of aromatic amines is 1. The maximum Gasteiger partial charge on any atom is 0.330 e. The van der Waals surface area contributed by atoms with Gasteiger partial charge < -0.3 is 20.1 Å². The Morgan fingerprint density at radius 3 is 2.67 bits per heavy atom.